The molecule has 2 aromatic carbocycles. The van der Waals surface area contributed by atoms with Crippen LogP contribution in [0.5, 0.6) is 0 Å². The fraction of sp³-hybridized carbons (Fsp3) is 0.512. The minimum Gasteiger partial charge on any atom is -0.455 e. The van der Waals surface area contributed by atoms with Gasteiger partial charge in [0.25, 0.3) is 0 Å². The molecule has 3 saturated heterocycles. The Balaban J connectivity index is 1.33. The molecule has 3 aliphatic rings. The lowest BCUT2D eigenvalue weighted by atomic mass is 9.70. The van der Waals surface area contributed by atoms with Crippen molar-refractivity contribution in [3.63, 3.8) is 0 Å². The summed E-state index contributed by atoms with van der Waals surface area (Å²) in [5, 5.41) is 17.9. The summed E-state index contributed by atoms with van der Waals surface area (Å²) in [6.07, 6.45) is 5.63. The van der Waals surface area contributed by atoms with Gasteiger partial charge in [-0.3, -0.25) is 19.2 Å². The summed E-state index contributed by atoms with van der Waals surface area (Å²) in [6.45, 7) is 10.1. The van der Waals surface area contributed by atoms with Crippen LogP contribution in [-0.4, -0.2) is 114 Å². The Bertz CT molecular complexity index is 1870. The van der Waals surface area contributed by atoms with E-state index in [4.69, 9.17) is 9.47 Å². The fourth-order valence-corrected chi connectivity index (χ4v) is 9.46. The maximum Gasteiger partial charge on any atom is 0.313 e. The number of alkyl halides is 1. The summed E-state index contributed by atoms with van der Waals surface area (Å²) in [6, 6.07) is 15.2. The van der Waals surface area contributed by atoms with Gasteiger partial charge >= 0.3 is 5.97 Å². The van der Waals surface area contributed by atoms with Gasteiger partial charge in [0.2, 0.25) is 17.7 Å². The third kappa shape index (κ3) is 7.86. The SMILES string of the molecule is C=CCCC(=O)N(C)[C@@H](C)[C@@H](OC(=O)[C@@H]1[C@H]2O[C@@]3(CC2Br)[C@H](C(=O)N(CC=C)Cn2nnc4ccccc42)N(CCCCCCO)C(=O)[C@@H]13)c1ccccc1. The number of amides is 3. The number of unbranched alkanes of at least 4 members (excludes halogenated alkanes) is 3. The number of nitrogens with zero attached hydrogens (tertiary/aromatic N) is 6. The predicted octanol–water partition coefficient (Wildman–Crippen LogP) is 4.80. The molecule has 1 N–H and O–H groups in total. The van der Waals surface area contributed by atoms with Crippen LogP contribution in [0.1, 0.15) is 63.5 Å². The molecule has 0 saturated carbocycles. The molecule has 3 amide bonds. The summed E-state index contributed by atoms with van der Waals surface area (Å²) in [7, 11) is 1.69. The zero-order chi connectivity index (χ0) is 39.3. The normalized spacial score (nSPS) is 25.1. The number of carbonyl (C=O) groups is 4. The van der Waals surface area contributed by atoms with E-state index >= 15 is 0 Å². The van der Waals surface area contributed by atoms with E-state index in [1.54, 1.807) is 38.6 Å². The maximum atomic E-state index is 15.0. The Labute approximate surface area is 330 Å². The summed E-state index contributed by atoms with van der Waals surface area (Å²) >= 11 is 3.77. The third-order valence-electron chi connectivity index (χ3n) is 11.4. The van der Waals surface area contributed by atoms with Gasteiger partial charge < -0.3 is 29.3 Å². The van der Waals surface area contributed by atoms with Crippen LogP contribution in [0.25, 0.3) is 11.0 Å². The Hall–Kier alpha value is -4.40. The van der Waals surface area contributed by atoms with E-state index in [-0.39, 0.29) is 55.3 Å². The van der Waals surface area contributed by atoms with Gasteiger partial charge in [-0.25, -0.2) is 4.68 Å². The molecule has 1 spiro atoms. The zero-order valence-corrected chi connectivity index (χ0v) is 33.1. The van der Waals surface area contributed by atoms with Crippen molar-refractivity contribution in [2.24, 2.45) is 11.8 Å². The average Bonchev–Trinajstić information content (AvgIpc) is 3.92. The first-order valence-corrected chi connectivity index (χ1v) is 20.0. The van der Waals surface area contributed by atoms with Gasteiger partial charge in [-0.15, -0.1) is 18.3 Å². The number of halogens is 1. The van der Waals surface area contributed by atoms with E-state index in [1.165, 1.54) is 0 Å². The first-order valence-electron chi connectivity index (χ1n) is 19.1. The number of aromatic nitrogens is 3. The number of ether oxygens (including phenoxy) is 2. The average molecular weight is 820 g/mol. The van der Waals surface area contributed by atoms with E-state index < -0.39 is 47.7 Å². The van der Waals surface area contributed by atoms with E-state index in [0.29, 0.717) is 36.8 Å². The number of aliphatic hydroxyl groups excluding tert-OH is 1. The van der Waals surface area contributed by atoms with Crippen molar-refractivity contribution in [3.8, 4) is 0 Å². The van der Waals surface area contributed by atoms with Gasteiger partial charge in [-0.2, -0.15) is 0 Å². The number of esters is 1. The van der Waals surface area contributed by atoms with Crippen molar-refractivity contribution in [3.05, 3.63) is 85.5 Å². The molecule has 14 heteroatoms. The molecule has 6 rings (SSSR count). The molecular formula is C41H51BrN6O7. The zero-order valence-electron chi connectivity index (χ0n) is 31.5. The first-order chi connectivity index (χ1) is 26.6. The summed E-state index contributed by atoms with van der Waals surface area (Å²) in [5.41, 5.74) is 0.832. The number of para-hydroxylation sites is 1. The second-order valence-electron chi connectivity index (χ2n) is 14.7. The molecule has 0 radical (unpaired) electrons. The highest BCUT2D eigenvalue weighted by atomic mass is 79.9. The lowest BCUT2D eigenvalue weighted by Gasteiger charge is -2.37. The van der Waals surface area contributed by atoms with Crippen molar-refractivity contribution >= 4 is 50.7 Å². The van der Waals surface area contributed by atoms with E-state index in [9.17, 15) is 24.3 Å². The second kappa shape index (κ2) is 17.6. The third-order valence-corrected chi connectivity index (χ3v) is 12.2. The molecule has 55 heavy (non-hydrogen) atoms. The van der Waals surface area contributed by atoms with Gasteiger partial charge in [0.1, 0.15) is 29.9 Å². The number of carbonyl (C=O) groups excluding carboxylic acids is 4. The summed E-state index contributed by atoms with van der Waals surface area (Å²) in [5.74, 6) is -3.37. The van der Waals surface area contributed by atoms with E-state index in [1.807, 2.05) is 61.5 Å². The van der Waals surface area contributed by atoms with Crippen molar-refractivity contribution < 1.29 is 33.8 Å². The number of fused-ring (bicyclic) bond motifs is 2. The number of hydrogen-bond acceptors (Lipinski definition) is 9. The molecule has 3 aromatic rings. The quantitative estimate of drug-likeness (QED) is 0.0780. The highest BCUT2D eigenvalue weighted by Gasteiger charge is 2.77. The molecule has 4 heterocycles. The number of likely N-dealkylation sites (N-methyl/N-ethyl adjacent to an activating group) is 1. The van der Waals surface area contributed by atoms with E-state index in [0.717, 1.165) is 18.4 Å². The Morgan fingerprint density at radius 3 is 2.55 bits per heavy atom. The van der Waals surface area contributed by atoms with Crippen LogP contribution in [0.2, 0.25) is 0 Å². The summed E-state index contributed by atoms with van der Waals surface area (Å²) in [4.78, 5) is 62.0. The number of allylic oxidation sites excluding steroid dienone is 1. The molecule has 294 valence electrons. The van der Waals surface area contributed by atoms with Crippen LogP contribution >= 0.6 is 15.9 Å². The molecule has 1 aromatic heterocycles. The van der Waals surface area contributed by atoms with Crippen molar-refractivity contribution in [1.29, 1.82) is 0 Å². The molecule has 2 bridgehead atoms. The van der Waals surface area contributed by atoms with Crippen LogP contribution < -0.4 is 0 Å². The van der Waals surface area contributed by atoms with E-state index in [2.05, 4.69) is 39.4 Å². The smallest absolute Gasteiger partial charge is 0.313 e. The standard InChI is InChI=1S/C41H51BrN6O7/c1-5-7-21-32(50)45(4)27(3)35(28-17-11-10-12-18-28)54-40(53)33-34-38(51)47(23-15-8-9-16-24-49)37(41(34)25-29(42)36(33)55-41)39(52)46(22-6-2)26-48-31-20-14-13-19-30(31)43-44-48/h5-6,10-14,17-20,27,29,33-37,49H,1-2,7-9,15-16,21-26H2,3-4H3/t27-,29?,33-,34+,35+,36-,37-,41+/m0/s1. The topological polar surface area (TPSA) is 147 Å². The molecule has 0 aliphatic carbocycles. The van der Waals surface area contributed by atoms with Gasteiger partial charge in [0.15, 0.2) is 0 Å². The minimum absolute atomic E-state index is 0.0590. The van der Waals surface area contributed by atoms with Gasteiger partial charge in [-0.1, -0.05) is 88.6 Å². The number of aliphatic hydroxyl groups is 1. The minimum atomic E-state index is -1.31. The Kier molecular flexibility index (Phi) is 12.9. The van der Waals surface area contributed by atoms with Gasteiger partial charge in [0, 0.05) is 38.0 Å². The van der Waals surface area contributed by atoms with Crippen molar-refractivity contribution in [1.82, 2.24) is 29.7 Å². The monoisotopic (exact) mass is 818 g/mol. The molecule has 3 fully saturated rings. The number of rotatable bonds is 19. The molecular weight excluding hydrogens is 768 g/mol. The highest BCUT2D eigenvalue weighted by Crippen LogP contribution is 2.60. The van der Waals surface area contributed by atoms with Crippen LogP contribution in [0, 0.1) is 11.8 Å². The first kappa shape index (κ1) is 40.3. The van der Waals surface area contributed by atoms with Gasteiger partial charge in [-0.05, 0) is 50.3 Å². The van der Waals surface area contributed by atoms with Crippen molar-refractivity contribution in [2.45, 2.75) is 93.3 Å². The van der Waals surface area contributed by atoms with Crippen LogP contribution in [0.15, 0.2) is 79.9 Å². The van der Waals surface area contributed by atoms with Crippen LogP contribution in [-0.2, 0) is 35.3 Å². The molecule has 13 nitrogen and oxygen atoms in total. The maximum absolute atomic E-state index is 15.0. The Morgan fingerprint density at radius 2 is 1.82 bits per heavy atom. The molecule has 1 unspecified atom stereocenters. The number of likely N-dealkylation sites (tertiary alicyclic amines) is 1. The van der Waals surface area contributed by atoms with Gasteiger partial charge in [0.05, 0.1) is 29.5 Å². The highest BCUT2D eigenvalue weighted by molar-refractivity contribution is 9.09. The Morgan fingerprint density at radius 1 is 1.09 bits per heavy atom. The predicted molar refractivity (Wildman–Crippen MR) is 209 cm³/mol. The van der Waals surface area contributed by atoms with Crippen LogP contribution in [0.4, 0.5) is 0 Å². The fourth-order valence-electron chi connectivity index (χ4n) is 8.52. The molecule has 8 atom stereocenters. The molecule has 3 aliphatic heterocycles. The summed E-state index contributed by atoms with van der Waals surface area (Å²) < 4.78 is 14.8. The lowest BCUT2D eigenvalue weighted by molar-refractivity contribution is -0.164. The number of hydrogen-bond donors (Lipinski definition) is 1. The number of benzene rings is 2. The second-order valence-corrected chi connectivity index (χ2v) is 15.9. The van der Waals surface area contributed by atoms with Crippen LogP contribution in [0.3, 0.4) is 0 Å². The lowest BCUT2D eigenvalue weighted by Crippen LogP contribution is -2.57. The van der Waals surface area contributed by atoms with Crippen molar-refractivity contribution in [2.75, 3.05) is 26.7 Å². The largest absolute Gasteiger partial charge is 0.455 e.